The van der Waals surface area contributed by atoms with E-state index in [1.165, 1.54) is 6.20 Å². The Kier molecular flexibility index (Phi) is 5.34. The number of aliphatic hydroxyl groups is 1. The standard InChI is InChI=1S/C18H22N2O3/c1-18(2,22)13-20(12-14-7-5-4-6-8-14)17(21)16-11-15(23-3)9-10-19-16/h4-11,22H,12-13H2,1-3H3. The first kappa shape index (κ1) is 17.0. The summed E-state index contributed by atoms with van der Waals surface area (Å²) >= 11 is 0. The third-order valence-electron chi connectivity index (χ3n) is 3.27. The monoisotopic (exact) mass is 314 g/mol. The molecule has 2 aromatic rings. The van der Waals surface area contributed by atoms with Crippen molar-refractivity contribution in [3.63, 3.8) is 0 Å². The molecule has 0 aliphatic rings. The number of carbonyl (C=O) groups excluding carboxylic acids is 1. The lowest BCUT2D eigenvalue weighted by atomic mass is 10.1. The van der Waals surface area contributed by atoms with Crippen molar-refractivity contribution in [1.29, 1.82) is 0 Å². The first-order valence-electron chi connectivity index (χ1n) is 7.45. The van der Waals surface area contributed by atoms with E-state index in [-0.39, 0.29) is 12.5 Å². The molecule has 5 heteroatoms. The zero-order valence-electron chi connectivity index (χ0n) is 13.7. The Morgan fingerprint density at radius 1 is 1.26 bits per heavy atom. The van der Waals surface area contributed by atoms with Crippen LogP contribution in [0.1, 0.15) is 29.9 Å². The van der Waals surface area contributed by atoms with E-state index in [0.717, 1.165) is 5.56 Å². The minimum Gasteiger partial charge on any atom is -0.497 e. The van der Waals surface area contributed by atoms with Crippen molar-refractivity contribution in [3.05, 3.63) is 59.9 Å². The van der Waals surface area contributed by atoms with Gasteiger partial charge < -0.3 is 14.7 Å². The van der Waals surface area contributed by atoms with Gasteiger partial charge in [-0.15, -0.1) is 0 Å². The fraction of sp³-hybridized carbons (Fsp3) is 0.333. The minimum atomic E-state index is -0.997. The average molecular weight is 314 g/mol. The van der Waals surface area contributed by atoms with Crippen molar-refractivity contribution in [2.24, 2.45) is 0 Å². The first-order chi connectivity index (χ1) is 10.9. The smallest absolute Gasteiger partial charge is 0.272 e. The quantitative estimate of drug-likeness (QED) is 0.890. The lowest BCUT2D eigenvalue weighted by Gasteiger charge is -2.29. The summed E-state index contributed by atoms with van der Waals surface area (Å²) in [6.45, 7) is 3.97. The molecule has 2 rings (SSSR count). The van der Waals surface area contributed by atoms with Crippen LogP contribution in [0.4, 0.5) is 0 Å². The van der Waals surface area contributed by atoms with Crippen molar-refractivity contribution < 1.29 is 14.6 Å². The van der Waals surface area contributed by atoms with Crippen LogP contribution in [0.3, 0.4) is 0 Å². The van der Waals surface area contributed by atoms with Crippen LogP contribution in [0.2, 0.25) is 0 Å². The molecule has 0 fully saturated rings. The van der Waals surface area contributed by atoms with E-state index in [2.05, 4.69) is 4.98 Å². The zero-order chi connectivity index (χ0) is 16.9. The second-order valence-corrected chi connectivity index (χ2v) is 6.04. The SMILES string of the molecule is COc1ccnc(C(=O)N(Cc2ccccc2)CC(C)(C)O)c1. The highest BCUT2D eigenvalue weighted by Crippen LogP contribution is 2.16. The Labute approximate surface area is 136 Å². The van der Waals surface area contributed by atoms with Gasteiger partial charge in [-0.25, -0.2) is 0 Å². The van der Waals surface area contributed by atoms with E-state index in [1.54, 1.807) is 38.0 Å². The summed E-state index contributed by atoms with van der Waals surface area (Å²) in [7, 11) is 1.54. The van der Waals surface area contributed by atoms with Gasteiger partial charge in [-0.05, 0) is 25.5 Å². The molecule has 122 valence electrons. The van der Waals surface area contributed by atoms with Crippen molar-refractivity contribution >= 4 is 5.91 Å². The Morgan fingerprint density at radius 3 is 2.57 bits per heavy atom. The van der Waals surface area contributed by atoms with E-state index >= 15 is 0 Å². The molecule has 0 bridgehead atoms. The summed E-state index contributed by atoms with van der Waals surface area (Å²) in [5.74, 6) is 0.334. The van der Waals surface area contributed by atoms with Crippen LogP contribution in [0.5, 0.6) is 5.75 Å². The summed E-state index contributed by atoms with van der Waals surface area (Å²) in [6, 6.07) is 13.0. The van der Waals surface area contributed by atoms with Gasteiger partial charge in [-0.1, -0.05) is 30.3 Å². The number of rotatable bonds is 6. The topological polar surface area (TPSA) is 62.7 Å². The number of methoxy groups -OCH3 is 1. The molecule has 0 aliphatic carbocycles. The molecule has 1 N–H and O–H groups in total. The molecule has 0 spiro atoms. The lowest BCUT2D eigenvalue weighted by molar-refractivity contribution is 0.0277. The first-order valence-corrected chi connectivity index (χ1v) is 7.45. The summed E-state index contributed by atoms with van der Waals surface area (Å²) in [6.07, 6.45) is 1.54. The summed E-state index contributed by atoms with van der Waals surface area (Å²) in [4.78, 5) is 18.5. The van der Waals surface area contributed by atoms with Gasteiger partial charge in [0.05, 0.1) is 12.7 Å². The number of amides is 1. The van der Waals surface area contributed by atoms with Crippen LogP contribution in [-0.2, 0) is 6.54 Å². The van der Waals surface area contributed by atoms with Gasteiger partial charge in [0.15, 0.2) is 0 Å². The van der Waals surface area contributed by atoms with Crippen LogP contribution in [0, 0.1) is 0 Å². The Morgan fingerprint density at radius 2 is 1.96 bits per heavy atom. The zero-order valence-corrected chi connectivity index (χ0v) is 13.7. The molecule has 0 saturated carbocycles. The van der Waals surface area contributed by atoms with Crippen LogP contribution >= 0.6 is 0 Å². The van der Waals surface area contributed by atoms with Gasteiger partial charge in [0.25, 0.3) is 5.91 Å². The highest BCUT2D eigenvalue weighted by molar-refractivity contribution is 5.92. The molecular weight excluding hydrogens is 292 g/mol. The van der Waals surface area contributed by atoms with Crippen LogP contribution in [0.25, 0.3) is 0 Å². The predicted molar refractivity (Wildman–Crippen MR) is 88.3 cm³/mol. The fourth-order valence-electron chi connectivity index (χ4n) is 2.29. The number of hydrogen-bond donors (Lipinski definition) is 1. The Bertz CT molecular complexity index is 651. The minimum absolute atomic E-state index is 0.208. The van der Waals surface area contributed by atoms with E-state index in [4.69, 9.17) is 4.74 Å². The van der Waals surface area contributed by atoms with Gasteiger partial charge in [0.2, 0.25) is 0 Å². The number of pyridine rings is 1. The highest BCUT2D eigenvalue weighted by atomic mass is 16.5. The van der Waals surface area contributed by atoms with Gasteiger partial charge in [-0.2, -0.15) is 0 Å². The molecular formula is C18H22N2O3. The molecule has 1 aromatic carbocycles. The molecule has 0 unspecified atom stereocenters. The molecule has 23 heavy (non-hydrogen) atoms. The maximum absolute atomic E-state index is 12.8. The number of carbonyl (C=O) groups is 1. The van der Waals surface area contributed by atoms with Gasteiger partial charge >= 0.3 is 0 Å². The normalized spacial score (nSPS) is 11.1. The van der Waals surface area contributed by atoms with Crippen molar-refractivity contribution in [2.45, 2.75) is 26.0 Å². The molecule has 5 nitrogen and oxygen atoms in total. The highest BCUT2D eigenvalue weighted by Gasteiger charge is 2.24. The van der Waals surface area contributed by atoms with Crippen LogP contribution in [0.15, 0.2) is 48.7 Å². The number of ether oxygens (including phenoxy) is 1. The summed E-state index contributed by atoms with van der Waals surface area (Å²) < 4.78 is 5.14. The van der Waals surface area contributed by atoms with Crippen LogP contribution in [-0.4, -0.2) is 40.2 Å². The van der Waals surface area contributed by atoms with Gasteiger partial charge in [0, 0.05) is 25.4 Å². The summed E-state index contributed by atoms with van der Waals surface area (Å²) in [5, 5.41) is 10.1. The van der Waals surface area contributed by atoms with E-state index in [9.17, 15) is 9.90 Å². The fourth-order valence-corrected chi connectivity index (χ4v) is 2.29. The summed E-state index contributed by atoms with van der Waals surface area (Å²) in [5.41, 5.74) is 0.293. The van der Waals surface area contributed by atoms with Crippen molar-refractivity contribution in [2.75, 3.05) is 13.7 Å². The average Bonchev–Trinajstić information content (AvgIpc) is 2.53. The Hall–Kier alpha value is -2.40. The number of aromatic nitrogens is 1. The molecule has 0 radical (unpaired) electrons. The third kappa shape index (κ3) is 5.07. The Balaban J connectivity index is 2.26. The second-order valence-electron chi connectivity index (χ2n) is 6.04. The predicted octanol–water partition coefficient (Wildman–Crippen LogP) is 2.50. The van der Waals surface area contributed by atoms with Gasteiger partial charge in [-0.3, -0.25) is 9.78 Å². The second kappa shape index (κ2) is 7.24. The molecule has 0 aliphatic heterocycles. The van der Waals surface area contributed by atoms with E-state index in [0.29, 0.717) is 18.0 Å². The molecule has 1 aromatic heterocycles. The molecule has 0 saturated heterocycles. The molecule has 1 amide bonds. The third-order valence-corrected chi connectivity index (χ3v) is 3.27. The van der Waals surface area contributed by atoms with E-state index in [1.807, 2.05) is 30.3 Å². The maximum Gasteiger partial charge on any atom is 0.272 e. The van der Waals surface area contributed by atoms with E-state index < -0.39 is 5.60 Å². The molecule has 0 atom stereocenters. The largest absolute Gasteiger partial charge is 0.497 e. The van der Waals surface area contributed by atoms with Crippen LogP contribution < -0.4 is 4.74 Å². The van der Waals surface area contributed by atoms with Gasteiger partial charge in [0.1, 0.15) is 11.4 Å². The lowest BCUT2D eigenvalue weighted by Crippen LogP contribution is -2.42. The maximum atomic E-state index is 12.8. The molecule has 1 heterocycles. The van der Waals surface area contributed by atoms with Crippen molar-refractivity contribution in [3.8, 4) is 5.75 Å². The van der Waals surface area contributed by atoms with Crippen molar-refractivity contribution in [1.82, 2.24) is 9.88 Å². The number of benzene rings is 1. The number of nitrogens with zero attached hydrogens (tertiary/aromatic N) is 2. The number of hydrogen-bond acceptors (Lipinski definition) is 4.